The molecule has 1 N–H and O–H groups in total. The number of hydrogen-bond acceptors (Lipinski definition) is 5. The molecule has 4 aromatic rings. The molecule has 0 aliphatic heterocycles. The molecule has 0 spiro atoms. The minimum Gasteiger partial charge on any atom is -0.497 e. The summed E-state index contributed by atoms with van der Waals surface area (Å²) in [4.78, 5) is 26.0. The molecule has 4 rings (SSSR count). The van der Waals surface area contributed by atoms with E-state index in [1.54, 1.807) is 18.4 Å². The standard InChI is InChI=1S/C21H22N4O3S/c1-4-16(20(26)22-12-14-6-5-7-15(10-14)28-3)25-21(27)18-11-19-17(8-9-29-19)24(18)13(2)23-25/h5-11,16H,4,12H2,1-3H3,(H,22,26)/t16-/m0/s1. The lowest BCUT2D eigenvalue weighted by Gasteiger charge is -2.18. The summed E-state index contributed by atoms with van der Waals surface area (Å²) >= 11 is 1.58. The Kier molecular flexibility index (Phi) is 5.10. The van der Waals surface area contributed by atoms with Crippen molar-refractivity contribution in [2.45, 2.75) is 32.9 Å². The number of aromatic nitrogens is 3. The number of thiophene rings is 1. The van der Waals surface area contributed by atoms with Gasteiger partial charge in [-0.15, -0.1) is 11.3 Å². The lowest BCUT2D eigenvalue weighted by Crippen LogP contribution is -2.39. The third kappa shape index (κ3) is 3.40. The zero-order chi connectivity index (χ0) is 20.5. The van der Waals surface area contributed by atoms with E-state index in [-0.39, 0.29) is 11.5 Å². The number of nitrogens with one attached hydrogen (secondary N) is 1. The first-order valence-electron chi connectivity index (χ1n) is 9.42. The number of amides is 1. The highest BCUT2D eigenvalue weighted by Crippen LogP contribution is 2.25. The molecule has 3 heterocycles. The number of aryl methyl sites for hydroxylation is 1. The molecule has 0 fully saturated rings. The highest BCUT2D eigenvalue weighted by molar-refractivity contribution is 7.17. The summed E-state index contributed by atoms with van der Waals surface area (Å²) in [5, 5.41) is 9.37. The Hall–Kier alpha value is -3.13. The lowest BCUT2D eigenvalue weighted by molar-refractivity contribution is -0.125. The van der Waals surface area contributed by atoms with E-state index in [4.69, 9.17) is 4.74 Å². The second kappa shape index (κ2) is 7.71. The zero-order valence-corrected chi connectivity index (χ0v) is 17.3. The van der Waals surface area contributed by atoms with E-state index in [0.717, 1.165) is 21.5 Å². The molecule has 0 bridgehead atoms. The number of fused-ring (bicyclic) bond motifs is 3. The van der Waals surface area contributed by atoms with Crippen LogP contribution < -0.4 is 15.6 Å². The minimum atomic E-state index is -0.676. The van der Waals surface area contributed by atoms with Gasteiger partial charge < -0.3 is 10.1 Å². The molecule has 7 nitrogen and oxygen atoms in total. The van der Waals surface area contributed by atoms with Gasteiger partial charge in [-0.1, -0.05) is 19.1 Å². The second-order valence-corrected chi connectivity index (χ2v) is 7.77. The fourth-order valence-corrected chi connectivity index (χ4v) is 4.37. The van der Waals surface area contributed by atoms with Crippen LogP contribution in [-0.2, 0) is 11.3 Å². The van der Waals surface area contributed by atoms with Crippen LogP contribution in [0.1, 0.15) is 30.8 Å². The monoisotopic (exact) mass is 410 g/mol. The van der Waals surface area contributed by atoms with Gasteiger partial charge in [-0.3, -0.25) is 14.0 Å². The number of methoxy groups -OCH3 is 1. The Bertz CT molecular complexity index is 1250. The summed E-state index contributed by atoms with van der Waals surface area (Å²) in [5.41, 5.74) is 2.17. The van der Waals surface area contributed by atoms with Crippen LogP contribution in [0.25, 0.3) is 15.7 Å². The van der Waals surface area contributed by atoms with Crippen LogP contribution >= 0.6 is 11.3 Å². The summed E-state index contributed by atoms with van der Waals surface area (Å²) in [6, 6.07) is 10.7. The smallest absolute Gasteiger partial charge is 0.291 e. The van der Waals surface area contributed by atoms with Gasteiger partial charge in [0.1, 0.15) is 23.1 Å². The molecule has 29 heavy (non-hydrogen) atoms. The summed E-state index contributed by atoms with van der Waals surface area (Å²) in [6.07, 6.45) is 0.460. The Labute approximate surface area is 171 Å². The van der Waals surface area contributed by atoms with E-state index in [1.165, 1.54) is 4.68 Å². The molecule has 3 aromatic heterocycles. The average Bonchev–Trinajstić information content (AvgIpc) is 3.32. The molecule has 0 aliphatic rings. The number of nitrogens with zero attached hydrogens (tertiary/aromatic N) is 3. The fourth-order valence-electron chi connectivity index (χ4n) is 3.56. The van der Waals surface area contributed by atoms with Gasteiger partial charge in [0.2, 0.25) is 5.91 Å². The van der Waals surface area contributed by atoms with Gasteiger partial charge in [-0.25, -0.2) is 4.68 Å². The quantitative estimate of drug-likeness (QED) is 0.529. The average molecular weight is 410 g/mol. The largest absolute Gasteiger partial charge is 0.497 e. The lowest BCUT2D eigenvalue weighted by atomic mass is 10.2. The normalized spacial score (nSPS) is 12.4. The molecule has 0 saturated heterocycles. The second-order valence-electron chi connectivity index (χ2n) is 6.83. The van der Waals surface area contributed by atoms with Crippen molar-refractivity contribution in [3.05, 3.63) is 63.5 Å². The van der Waals surface area contributed by atoms with Crippen molar-refractivity contribution in [2.24, 2.45) is 0 Å². The maximum absolute atomic E-state index is 13.1. The number of carbonyl (C=O) groups excluding carboxylic acids is 1. The third-order valence-electron chi connectivity index (χ3n) is 5.01. The fraction of sp³-hybridized carbons (Fsp3) is 0.286. The van der Waals surface area contributed by atoms with Crippen LogP contribution in [0.15, 0.2) is 46.6 Å². The summed E-state index contributed by atoms with van der Waals surface area (Å²) in [7, 11) is 1.60. The van der Waals surface area contributed by atoms with Gasteiger partial charge in [0.05, 0.1) is 17.3 Å². The topological polar surface area (TPSA) is 77.6 Å². The van der Waals surface area contributed by atoms with Gasteiger partial charge in [-0.2, -0.15) is 5.10 Å². The van der Waals surface area contributed by atoms with Crippen LogP contribution in [0.3, 0.4) is 0 Å². The van der Waals surface area contributed by atoms with E-state index in [2.05, 4.69) is 10.4 Å². The number of carbonyl (C=O) groups is 1. The highest BCUT2D eigenvalue weighted by Gasteiger charge is 2.23. The van der Waals surface area contributed by atoms with Crippen molar-refractivity contribution in [2.75, 3.05) is 7.11 Å². The van der Waals surface area contributed by atoms with Crippen molar-refractivity contribution >= 4 is 33.0 Å². The SMILES string of the molecule is CC[C@@H](C(=O)NCc1cccc(OC)c1)n1nc(C)n2c(cc3sccc32)c1=O. The minimum absolute atomic E-state index is 0.234. The van der Waals surface area contributed by atoms with Crippen LogP contribution in [0.4, 0.5) is 0 Å². The van der Waals surface area contributed by atoms with E-state index >= 15 is 0 Å². The Morgan fingerprint density at radius 3 is 2.86 bits per heavy atom. The summed E-state index contributed by atoms with van der Waals surface area (Å²) < 4.78 is 9.41. The molecule has 0 unspecified atom stereocenters. The van der Waals surface area contributed by atoms with Gasteiger partial charge in [0.15, 0.2) is 0 Å². The molecule has 1 aromatic carbocycles. The molecule has 1 atom stereocenters. The molecule has 1 amide bonds. The first-order valence-corrected chi connectivity index (χ1v) is 10.3. The van der Waals surface area contributed by atoms with Gasteiger partial charge in [0, 0.05) is 6.54 Å². The predicted octanol–water partition coefficient (Wildman–Crippen LogP) is 3.30. The number of rotatable bonds is 6. The van der Waals surface area contributed by atoms with Gasteiger partial charge >= 0.3 is 0 Å². The molecule has 0 aliphatic carbocycles. The van der Waals surface area contributed by atoms with Crippen molar-refractivity contribution < 1.29 is 9.53 Å². The maximum Gasteiger partial charge on any atom is 0.291 e. The van der Waals surface area contributed by atoms with Crippen molar-refractivity contribution in [1.29, 1.82) is 0 Å². The first-order chi connectivity index (χ1) is 14.0. The molecule has 150 valence electrons. The Morgan fingerprint density at radius 2 is 2.10 bits per heavy atom. The van der Waals surface area contributed by atoms with Crippen LogP contribution in [0, 0.1) is 6.92 Å². The first kappa shape index (κ1) is 19.2. The van der Waals surface area contributed by atoms with Crippen LogP contribution in [0.2, 0.25) is 0 Å². The zero-order valence-electron chi connectivity index (χ0n) is 16.5. The van der Waals surface area contributed by atoms with Gasteiger partial charge in [-0.05, 0) is 48.6 Å². The molecular weight excluding hydrogens is 388 g/mol. The molecular formula is C21H22N4O3S. The van der Waals surface area contributed by atoms with Crippen molar-refractivity contribution in [3.63, 3.8) is 0 Å². The maximum atomic E-state index is 13.1. The highest BCUT2D eigenvalue weighted by atomic mass is 32.1. The van der Waals surface area contributed by atoms with E-state index in [0.29, 0.717) is 24.3 Å². The number of benzene rings is 1. The molecule has 8 heteroatoms. The van der Waals surface area contributed by atoms with Crippen LogP contribution in [0.5, 0.6) is 5.75 Å². The van der Waals surface area contributed by atoms with Crippen molar-refractivity contribution in [1.82, 2.24) is 19.5 Å². The summed E-state index contributed by atoms with van der Waals surface area (Å²) in [6.45, 7) is 4.07. The van der Waals surface area contributed by atoms with E-state index in [9.17, 15) is 9.59 Å². The summed E-state index contributed by atoms with van der Waals surface area (Å²) in [5.74, 6) is 1.17. The third-order valence-corrected chi connectivity index (χ3v) is 5.86. The van der Waals surface area contributed by atoms with E-state index in [1.807, 2.05) is 60.0 Å². The molecule has 0 radical (unpaired) electrons. The van der Waals surface area contributed by atoms with E-state index < -0.39 is 6.04 Å². The Morgan fingerprint density at radius 1 is 1.28 bits per heavy atom. The van der Waals surface area contributed by atoms with Crippen LogP contribution in [-0.4, -0.2) is 27.2 Å². The number of hydrogen-bond donors (Lipinski definition) is 1. The van der Waals surface area contributed by atoms with Crippen molar-refractivity contribution in [3.8, 4) is 5.75 Å². The predicted molar refractivity (Wildman–Crippen MR) is 114 cm³/mol. The number of ether oxygens (including phenoxy) is 1. The molecule has 0 saturated carbocycles. The van der Waals surface area contributed by atoms with Gasteiger partial charge in [0.25, 0.3) is 5.56 Å². The Balaban J connectivity index is 1.64.